The molecular weight excluding hydrogens is 238 g/mol. The SMILES string of the molecule is CC(C)(C)OC(=O)N1CCC(O)C(C)(C(=O)O)C1. The van der Waals surface area contributed by atoms with Crippen molar-refractivity contribution in [2.75, 3.05) is 13.1 Å². The van der Waals surface area contributed by atoms with Gasteiger partial charge in [0, 0.05) is 13.1 Å². The Labute approximate surface area is 107 Å². The minimum atomic E-state index is -1.34. The number of hydrogen-bond donors (Lipinski definition) is 2. The smallest absolute Gasteiger partial charge is 0.410 e. The van der Waals surface area contributed by atoms with Crippen LogP contribution in [-0.4, -0.2) is 52.0 Å². The molecule has 0 spiro atoms. The van der Waals surface area contributed by atoms with Gasteiger partial charge in [-0.25, -0.2) is 4.79 Å². The van der Waals surface area contributed by atoms with Crippen molar-refractivity contribution >= 4 is 12.1 Å². The number of likely N-dealkylation sites (tertiary alicyclic amines) is 1. The van der Waals surface area contributed by atoms with Crippen LogP contribution in [0.15, 0.2) is 0 Å². The molecule has 2 atom stereocenters. The average molecular weight is 259 g/mol. The van der Waals surface area contributed by atoms with Gasteiger partial charge in [-0.3, -0.25) is 4.79 Å². The van der Waals surface area contributed by atoms with Crippen molar-refractivity contribution in [2.45, 2.75) is 45.8 Å². The van der Waals surface area contributed by atoms with E-state index in [-0.39, 0.29) is 13.0 Å². The van der Waals surface area contributed by atoms with Crippen molar-refractivity contribution in [3.63, 3.8) is 0 Å². The van der Waals surface area contributed by atoms with E-state index in [1.165, 1.54) is 11.8 Å². The lowest BCUT2D eigenvalue weighted by Gasteiger charge is -2.41. The molecule has 0 aromatic carbocycles. The van der Waals surface area contributed by atoms with Gasteiger partial charge in [0.15, 0.2) is 0 Å². The predicted octanol–water partition coefficient (Wildman–Crippen LogP) is 1.08. The molecule has 1 amide bonds. The van der Waals surface area contributed by atoms with Crippen molar-refractivity contribution in [2.24, 2.45) is 5.41 Å². The number of carboxylic acid groups (broad SMARTS) is 1. The zero-order chi connectivity index (χ0) is 14.1. The molecular formula is C12H21NO5. The molecule has 1 aliphatic heterocycles. The first-order valence-corrected chi connectivity index (χ1v) is 5.95. The highest BCUT2D eigenvalue weighted by Gasteiger charge is 2.47. The Morgan fingerprint density at radius 3 is 2.39 bits per heavy atom. The molecule has 0 aromatic heterocycles. The van der Waals surface area contributed by atoms with Crippen LogP contribution in [0.1, 0.15) is 34.1 Å². The number of carboxylic acids is 1. The second-order valence-corrected chi connectivity index (χ2v) is 5.93. The van der Waals surface area contributed by atoms with E-state index < -0.39 is 29.2 Å². The number of aliphatic hydroxyl groups is 1. The summed E-state index contributed by atoms with van der Waals surface area (Å²) in [4.78, 5) is 24.4. The molecule has 1 fully saturated rings. The van der Waals surface area contributed by atoms with Crippen LogP contribution in [0.2, 0.25) is 0 Å². The van der Waals surface area contributed by atoms with Crippen LogP contribution in [-0.2, 0) is 9.53 Å². The molecule has 1 rings (SSSR count). The van der Waals surface area contributed by atoms with E-state index in [0.29, 0.717) is 6.54 Å². The lowest BCUT2D eigenvalue weighted by atomic mass is 9.79. The van der Waals surface area contributed by atoms with E-state index in [0.717, 1.165) is 0 Å². The zero-order valence-electron chi connectivity index (χ0n) is 11.3. The lowest BCUT2D eigenvalue weighted by Crippen LogP contribution is -2.56. The highest BCUT2D eigenvalue weighted by Crippen LogP contribution is 2.31. The van der Waals surface area contributed by atoms with Crippen molar-refractivity contribution in [1.82, 2.24) is 4.90 Å². The van der Waals surface area contributed by atoms with Crippen molar-refractivity contribution in [3.05, 3.63) is 0 Å². The van der Waals surface area contributed by atoms with E-state index in [1.54, 1.807) is 20.8 Å². The van der Waals surface area contributed by atoms with Gasteiger partial charge in [0.05, 0.1) is 6.10 Å². The van der Waals surface area contributed by atoms with Gasteiger partial charge >= 0.3 is 12.1 Å². The molecule has 2 unspecified atom stereocenters. The lowest BCUT2D eigenvalue weighted by molar-refractivity contribution is -0.160. The Bertz CT molecular complexity index is 349. The van der Waals surface area contributed by atoms with Crippen LogP contribution in [0.5, 0.6) is 0 Å². The summed E-state index contributed by atoms with van der Waals surface area (Å²) in [7, 11) is 0. The van der Waals surface area contributed by atoms with Crippen LogP contribution in [0.3, 0.4) is 0 Å². The first-order valence-electron chi connectivity index (χ1n) is 5.95. The number of carbonyl (C=O) groups is 2. The van der Waals surface area contributed by atoms with Crippen LogP contribution in [0.25, 0.3) is 0 Å². The summed E-state index contributed by atoms with van der Waals surface area (Å²) in [6.07, 6.45) is -1.25. The van der Waals surface area contributed by atoms with Gasteiger partial charge in [0.25, 0.3) is 0 Å². The van der Waals surface area contributed by atoms with Gasteiger partial charge in [0.2, 0.25) is 0 Å². The van der Waals surface area contributed by atoms with E-state index >= 15 is 0 Å². The molecule has 0 aliphatic carbocycles. The van der Waals surface area contributed by atoms with Gasteiger partial charge in [-0.15, -0.1) is 0 Å². The third-order valence-electron chi connectivity index (χ3n) is 3.07. The number of ether oxygens (including phenoxy) is 1. The maximum absolute atomic E-state index is 11.9. The highest BCUT2D eigenvalue weighted by atomic mass is 16.6. The van der Waals surface area contributed by atoms with Gasteiger partial charge in [-0.1, -0.05) is 0 Å². The maximum atomic E-state index is 11.9. The number of amides is 1. The number of aliphatic carboxylic acids is 1. The Kier molecular flexibility index (Phi) is 3.90. The van der Waals surface area contributed by atoms with Gasteiger partial charge in [-0.05, 0) is 34.1 Å². The van der Waals surface area contributed by atoms with Crippen LogP contribution in [0.4, 0.5) is 4.79 Å². The number of piperidine rings is 1. The molecule has 1 aliphatic rings. The fourth-order valence-electron chi connectivity index (χ4n) is 1.87. The maximum Gasteiger partial charge on any atom is 0.410 e. The summed E-state index contributed by atoms with van der Waals surface area (Å²) in [5.41, 5.74) is -1.96. The predicted molar refractivity (Wildman–Crippen MR) is 64.2 cm³/mol. The number of nitrogens with zero attached hydrogens (tertiary/aromatic N) is 1. The molecule has 0 saturated carbocycles. The second kappa shape index (κ2) is 4.76. The first-order chi connectivity index (χ1) is 8.06. The summed E-state index contributed by atoms with van der Waals surface area (Å²) < 4.78 is 5.20. The van der Waals surface area contributed by atoms with Crippen molar-refractivity contribution in [1.29, 1.82) is 0 Å². The summed E-state index contributed by atoms with van der Waals surface area (Å²) in [5, 5.41) is 18.9. The third-order valence-corrected chi connectivity index (χ3v) is 3.07. The van der Waals surface area contributed by atoms with E-state index in [1.807, 2.05) is 0 Å². The Balaban J connectivity index is 2.77. The highest BCUT2D eigenvalue weighted by molar-refractivity contribution is 5.77. The summed E-state index contributed by atoms with van der Waals surface area (Å²) in [6.45, 7) is 6.95. The molecule has 6 nitrogen and oxygen atoms in total. The van der Waals surface area contributed by atoms with Crippen LogP contribution >= 0.6 is 0 Å². The van der Waals surface area contributed by atoms with Gasteiger partial charge in [0.1, 0.15) is 11.0 Å². The Hall–Kier alpha value is -1.30. The Morgan fingerprint density at radius 1 is 1.39 bits per heavy atom. The molecule has 2 N–H and O–H groups in total. The van der Waals surface area contributed by atoms with Gasteiger partial charge < -0.3 is 19.8 Å². The largest absolute Gasteiger partial charge is 0.481 e. The molecule has 0 radical (unpaired) electrons. The fraction of sp³-hybridized carbons (Fsp3) is 0.833. The molecule has 1 saturated heterocycles. The normalized spacial score (nSPS) is 28.9. The molecule has 0 bridgehead atoms. The van der Waals surface area contributed by atoms with Crippen LogP contribution in [0, 0.1) is 5.41 Å². The molecule has 104 valence electrons. The van der Waals surface area contributed by atoms with Gasteiger partial charge in [-0.2, -0.15) is 0 Å². The minimum Gasteiger partial charge on any atom is -0.481 e. The number of aliphatic hydroxyl groups excluding tert-OH is 1. The molecule has 18 heavy (non-hydrogen) atoms. The number of rotatable bonds is 1. The monoisotopic (exact) mass is 259 g/mol. The minimum absolute atomic E-state index is 0.0432. The summed E-state index contributed by atoms with van der Waals surface area (Å²) in [6, 6.07) is 0. The van der Waals surface area contributed by atoms with Crippen molar-refractivity contribution < 1.29 is 24.5 Å². The molecule has 1 heterocycles. The quantitative estimate of drug-likeness (QED) is 0.735. The second-order valence-electron chi connectivity index (χ2n) is 5.93. The van der Waals surface area contributed by atoms with E-state index in [2.05, 4.69) is 0 Å². The molecule has 0 aromatic rings. The first kappa shape index (κ1) is 14.8. The number of hydrogen-bond acceptors (Lipinski definition) is 4. The number of carbonyl (C=O) groups excluding carboxylic acids is 1. The third kappa shape index (κ3) is 3.13. The topological polar surface area (TPSA) is 87.1 Å². The van der Waals surface area contributed by atoms with E-state index in [4.69, 9.17) is 9.84 Å². The van der Waals surface area contributed by atoms with Crippen molar-refractivity contribution in [3.8, 4) is 0 Å². The summed E-state index contributed by atoms with van der Waals surface area (Å²) >= 11 is 0. The summed E-state index contributed by atoms with van der Waals surface area (Å²) in [5.74, 6) is -1.11. The Morgan fingerprint density at radius 2 is 1.94 bits per heavy atom. The van der Waals surface area contributed by atoms with E-state index in [9.17, 15) is 14.7 Å². The molecule has 6 heteroatoms. The zero-order valence-corrected chi connectivity index (χ0v) is 11.3. The standard InChI is InChI=1S/C12H21NO5/c1-11(2,3)18-10(17)13-6-5-8(14)12(4,7-13)9(15)16/h8,14H,5-7H2,1-4H3,(H,15,16). The van der Waals surface area contributed by atoms with Crippen LogP contribution < -0.4 is 0 Å². The fourth-order valence-corrected chi connectivity index (χ4v) is 1.87. The average Bonchev–Trinajstić information content (AvgIpc) is 2.19.